The van der Waals surface area contributed by atoms with Crippen LogP contribution in [-0.2, 0) is 0 Å². The second-order valence-corrected chi connectivity index (χ2v) is 4.44. The predicted molar refractivity (Wildman–Crippen MR) is 72.0 cm³/mol. The molecule has 3 heteroatoms. The topological polar surface area (TPSA) is 40.7 Å². The van der Waals surface area contributed by atoms with Gasteiger partial charge in [-0.05, 0) is 38.1 Å². The molecular weight excluding hydrogens is 210 g/mol. The van der Waals surface area contributed by atoms with Crippen LogP contribution in [-0.4, -0.2) is 23.1 Å². The van der Waals surface area contributed by atoms with Gasteiger partial charge in [-0.1, -0.05) is 31.4 Å². The number of nitrogens with one attached hydrogen (secondary N) is 2. The van der Waals surface area contributed by atoms with E-state index in [0.717, 1.165) is 11.0 Å². The zero-order valence-electron chi connectivity index (χ0n) is 10.3. The molecule has 0 saturated carbocycles. The first-order valence-electron chi connectivity index (χ1n) is 6.55. The van der Waals surface area contributed by atoms with E-state index in [2.05, 4.69) is 15.3 Å². The molecule has 0 aliphatic carbocycles. The van der Waals surface area contributed by atoms with Gasteiger partial charge in [0.1, 0.15) is 0 Å². The molecule has 1 aliphatic heterocycles. The third kappa shape index (κ3) is 4.19. The van der Waals surface area contributed by atoms with Crippen LogP contribution in [0.4, 0.5) is 0 Å². The van der Waals surface area contributed by atoms with Gasteiger partial charge in [-0.15, -0.1) is 0 Å². The third-order valence-electron chi connectivity index (χ3n) is 3.03. The summed E-state index contributed by atoms with van der Waals surface area (Å²) >= 11 is 0. The summed E-state index contributed by atoms with van der Waals surface area (Å²) in [5.74, 6) is 0. The minimum Gasteiger partial charge on any atom is -0.345 e. The molecule has 1 aromatic heterocycles. The van der Waals surface area contributed by atoms with Gasteiger partial charge >= 0.3 is 0 Å². The highest BCUT2D eigenvalue weighted by atomic mass is 14.9. The Balaban J connectivity index is 0.000000128. The monoisotopic (exact) mass is 231 g/mol. The molecule has 17 heavy (non-hydrogen) atoms. The lowest BCUT2D eigenvalue weighted by molar-refractivity contribution is 0.516. The molecule has 0 bridgehead atoms. The van der Waals surface area contributed by atoms with Gasteiger partial charge in [-0.25, -0.2) is 4.98 Å². The summed E-state index contributed by atoms with van der Waals surface area (Å²) in [5.41, 5.74) is 2.12. The average molecular weight is 231 g/mol. The van der Waals surface area contributed by atoms with Crippen molar-refractivity contribution in [3.63, 3.8) is 0 Å². The number of H-pyrrole nitrogens is 1. The Morgan fingerprint density at radius 2 is 1.59 bits per heavy atom. The minimum absolute atomic E-state index is 1.03. The van der Waals surface area contributed by atoms with Crippen molar-refractivity contribution in [3.8, 4) is 0 Å². The fourth-order valence-electron chi connectivity index (χ4n) is 2.03. The van der Waals surface area contributed by atoms with Gasteiger partial charge in [-0.3, -0.25) is 0 Å². The lowest BCUT2D eigenvalue weighted by Gasteiger charge is -2.08. The number of imidazole rings is 1. The van der Waals surface area contributed by atoms with Crippen molar-refractivity contribution < 1.29 is 0 Å². The van der Waals surface area contributed by atoms with Crippen molar-refractivity contribution in [2.75, 3.05) is 13.1 Å². The van der Waals surface area contributed by atoms with Crippen LogP contribution in [0.25, 0.3) is 11.0 Å². The van der Waals surface area contributed by atoms with Crippen molar-refractivity contribution in [2.24, 2.45) is 0 Å². The summed E-state index contributed by atoms with van der Waals surface area (Å²) in [6.45, 7) is 2.50. The normalized spacial score (nSPS) is 16.7. The molecule has 1 fully saturated rings. The van der Waals surface area contributed by atoms with E-state index < -0.39 is 0 Å². The average Bonchev–Trinajstić information content (AvgIpc) is 2.76. The van der Waals surface area contributed by atoms with Crippen molar-refractivity contribution in [1.29, 1.82) is 0 Å². The number of hydrogen-bond acceptors (Lipinski definition) is 2. The van der Waals surface area contributed by atoms with Crippen LogP contribution in [0.1, 0.15) is 32.1 Å². The molecule has 0 atom stereocenters. The zero-order chi connectivity index (χ0) is 11.8. The van der Waals surface area contributed by atoms with Crippen molar-refractivity contribution in [2.45, 2.75) is 32.1 Å². The Hall–Kier alpha value is -1.35. The van der Waals surface area contributed by atoms with E-state index in [0.29, 0.717) is 0 Å². The number of aromatic amines is 1. The summed E-state index contributed by atoms with van der Waals surface area (Å²) in [6, 6.07) is 7.94. The molecule has 2 aromatic rings. The summed E-state index contributed by atoms with van der Waals surface area (Å²) in [4.78, 5) is 7.07. The Morgan fingerprint density at radius 1 is 0.882 bits per heavy atom. The van der Waals surface area contributed by atoms with E-state index in [1.54, 1.807) is 6.33 Å². The fourth-order valence-corrected chi connectivity index (χ4v) is 2.03. The Morgan fingerprint density at radius 3 is 2.35 bits per heavy atom. The standard InChI is InChI=1S/C7H6N2.C7H15N/c1-2-4-7-6(3-1)8-5-9-7;1-2-4-6-8-7-5-3-1/h1-5H,(H,8,9);8H,1-7H2. The molecule has 0 radical (unpaired) electrons. The molecule has 1 saturated heterocycles. The number of benzene rings is 1. The molecule has 3 nitrogen and oxygen atoms in total. The highest BCUT2D eigenvalue weighted by Crippen LogP contribution is 2.05. The number of para-hydroxylation sites is 2. The Bertz CT molecular complexity index is 368. The smallest absolute Gasteiger partial charge is 0.0931 e. The lowest BCUT2D eigenvalue weighted by Crippen LogP contribution is -2.18. The van der Waals surface area contributed by atoms with Gasteiger partial charge in [0.2, 0.25) is 0 Å². The first-order chi connectivity index (χ1) is 8.47. The maximum Gasteiger partial charge on any atom is 0.0931 e. The van der Waals surface area contributed by atoms with Gasteiger partial charge in [-0.2, -0.15) is 0 Å². The second-order valence-electron chi connectivity index (χ2n) is 4.44. The summed E-state index contributed by atoms with van der Waals surface area (Å²) in [7, 11) is 0. The van der Waals surface area contributed by atoms with Crippen molar-refractivity contribution in [1.82, 2.24) is 15.3 Å². The summed E-state index contributed by atoms with van der Waals surface area (Å²) < 4.78 is 0. The molecule has 1 aliphatic rings. The Labute approximate surface area is 103 Å². The highest BCUT2D eigenvalue weighted by molar-refractivity contribution is 5.73. The zero-order valence-corrected chi connectivity index (χ0v) is 10.3. The van der Waals surface area contributed by atoms with Crippen LogP contribution in [0, 0.1) is 0 Å². The van der Waals surface area contributed by atoms with Crippen molar-refractivity contribution in [3.05, 3.63) is 30.6 Å². The molecular formula is C14H21N3. The maximum absolute atomic E-state index is 4.06. The van der Waals surface area contributed by atoms with Crippen LogP contribution in [0.15, 0.2) is 30.6 Å². The van der Waals surface area contributed by atoms with E-state index in [1.165, 1.54) is 45.2 Å². The van der Waals surface area contributed by atoms with Gasteiger partial charge in [0.15, 0.2) is 0 Å². The lowest BCUT2D eigenvalue weighted by atomic mass is 10.1. The summed E-state index contributed by atoms with van der Waals surface area (Å²) in [6.07, 6.45) is 8.81. The number of aromatic nitrogens is 2. The largest absolute Gasteiger partial charge is 0.345 e. The molecule has 0 amide bonds. The van der Waals surface area contributed by atoms with E-state index in [4.69, 9.17) is 0 Å². The molecule has 0 spiro atoms. The molecule has 2 N–H and O–H groups in total. The van der Waals surface area contributed by atoms with Gasteiger partial charge in [0.05, 0.1) is 17.4 Å². The van der Waals surface area contributed by atoms with Crippen molar-refractivity contribution >= 4 is 11.0 Å². The second kappa shape index (κ2) is 7.07. The van der Waals surface area contributed by atoms with E-state index in [9.17, 15) is 0 Å². The minimum atomic E-state index is 1.03. The number of rotatable bonds is 0. The Kier molecular flexibility index (Phi) is 5.04. The van der Waals surface area contributed by atoms with Crippen LogP contribution in [0.5, 0.6) is 0 Å². The van der Waals surface area contributed by atoms with Gasteiger partial charge in [0, 0.05) is 0 Å². The molecule has 0 unspecified atom stereocenters. The maximum atomic E-state index is 4.06. The number of hydrogen-bond donors (Lipinski definition) is 2. The quantitative estimate of drug-likeness (QED) is 0.731. The van der Waals surface area contributed by atoms with Crippen LogP contribution in [0.2, 0.25) is 0 Å². The van der Waals surface area contributed by atoms with E-state index in [1.807, 2.05) is 24.3 Å². The van der Waals surface area contributed by atoms with Crippen LogP contribution in [0.3, 0.4) is 0 Å². The van der Waals surface area contributed by atoms with Crippen LogP contribution >= 0.6 is 0 Å². The first kappa shape index (κ1) is 12.1. The molecule has 3 rings (SSSR count). The predicted octanol–water partition coefficient (Wildman–Crippen LogP) is 3.10. The SMILES string of the molecule is C1CCCNCCC1.c1ccc2[nH]cnc2c1. The van der Waals surface area contributed by atoms with E-state index in [-0.39, 0.29) is 0 Å². The number of nitrogens with zero attached hydrogens (tertiary/aromatic N) is 1. The van der Waals surface area contributed by atoms with Gasteiger partial charge < -0.3 is 10.3 Å². The molecule has 1 aromatic carbocycles. The summed E-state index contributed by atoms with van der Waals surface area (Å²) in [5, 5.41) is 3.39. The molecule has 92 valence electrons. The van der Waals surface area contributed by atoms with Crippen LogP contribution < -0.4 is 5.32 Å². The van der Waals surface area contributed by atoms with E-state index >= 15 is 0 Å². The molecule has 2 heterocycles. The third-order valence-corrected chi connectivity index (χ3v) is 3.03. The van der Waals surface area contributed by atoms with Gasteiger partial charge in [0.25, 0.3) is 0 Å². The first-order valence-corrected chi connectivity index (χ1v) is 6.55. The number of fused-ring (bicyclic) bond motifs is 1. The fraction of sp³-hybridized carbons (Fsp3) is 0.500. The highest BCUT2D eigenvalue weighted by Gasteiger charge is 1.94.